The molecular weight excluding hydrogens is 610 g/mol. The number of rotatable bonds is 3. The molecule has 1 aliphatic rings. The van der Waals surface area contributed by atoms with Gasteiger partial charge in [0.15, 0.2) is 10.3 Å². The zero-order chi connectivity index (χ0) is 31.7. The van der Waals surface area contributed by atoms with Gasteiger partial charge in [0.2, 0.25) is 0 Å². The van der Waals surface area contributed by atoms with Gasteiger partial charge in [-0.05, 0) is 93.3 Å². The summed E-state index contributed by atoms with van der Waals surface area (Å²) in [5, 5.41) is 21.3. The number of anilines is 2. The minimum absolute atomic E-state index is 0.0389. The van der Waals surface area contributed by atoms with Crippen molar-refractivity contribution in [2.24, 2.45) is 9.98 Å². The van der Waals surface area contributed by atoms with E-state index in [9.17, 15) is 26.3 Å². The number of thiocarbonyl (C=S) groups is 1. The van der Waals surface area contributed by atoms with Crippen LogP contribution in [-0.2, 0) is 12.4 Å². The smallest absolute Gasteiger partial charge is 0.331 e. The summed E-state index contributed by atoms with van der Waals surface area (Å²) >= 11 is 6.35. The quantitative estimate of drug-likeness (QED) is 0.230. The van der Waals surface area contributed by atoms with Crippen LogP contribution in [0.2, 0.25) is 0 Å². The molecule has 0 bridgehead atoms. The number of nitrogens with zero attached hydrogens (tertiary/aromatic N) is 5. The van der Waals surface area contributed by atoms with Crippen molar-refractivity contribution < 1.29 is 26.3 Å². The van der Waals surface area contributed by atoms with Gasteiger partial charge in [-0.1, -0.05) is 17.7 Å². The van der Waals surface area contributed by atoms with Crippen LogP contribution in [0, 0.1) is 29.6 Å². The highest BCUT2D eigenvalue weighted by Gasteiger charge is 2.45. The predicted octanol–water partition coefficient (Wildman–Crippen LogP) is 8.59. The molecule has 0 atom stereocenters. The maximum absolute atomic E-state index is 13.6. The second kappa shape index (κ2) is 11.7. The summed E-state index contributed by atoms with van der Waals surface area (Å²) in [5.74, 6) is 0. The maximum Gasteiger partial charge on any atom is 0.417 e. The van der Waals surface area contributed by atoms with Gasteiger partial charge in [-0.25, -0.2) is 9.98 Å². The fraction of sp³-hybridized carbons (Fsp3) is 0.207. The number of amidine groups is 1. The summed E-state index contributed by atoms with van der Waals surface area (Å²) in [4.78, 5) is 10.7. The third-order valence-corrected chi connectivity index (χ3v) is 7.74. The average molecular weight is 631 g/mol. The molecule has 0 unspecified atom stereocenters. The molecule has 0 spiro atoms. The number of aryl methyl sites for hydroxylation is 1. The molecule has 1 aliphatic heterocycles. The molecule has 14 heteroatoms. The number of thioether (sulfide) groups is 1. The first-order valence-corrected chi connectivity index (χ1v) is 13.5. The van der Waals surface area contributed by atoms with E-state index < -0.39 is 40.1 Å². The molecule has 0 amide bonds. The monoisotopic (exact) mass is 630 g/mol. The van der Waals surface area contributed by atoms with E-state index in [-0.39, 0.29) is 21.7 Å². The Bertz CT molecular complexity index is 1730. The summed E-state index contributed by atoms with van der Waals surface area (Å²) in [5.41, 5.74) is -2.77. The highest BCUT2D eigenvalue weighted by Crippen LogP contribution is 2.42. The van der Waals surface area contributed by atoms with Gasteiger partial charge < -0.3 is 10.2 Å². The molecule has 1 heterocycles. The lowest BCUT2D eigenvalue weighted by Gasteiger charge is -2.32. The van der Waals surface area contributed by atoms with Gasteiger partial charge in [-0.15, -0.1) is 0 Å². The fourth-order valence-corrected chi connectivity index (χ4v) is 5.69. The van der Waals surface area contributed by atoms with Gasteiger partial charge in [0.05, 0.1) is 45.6 Å². The molecule has 3 aromatic rings. The van der Waals surface area contributed by atoms with Crippen molar-refractivity contribution in [3.8, 4) is 12.1 Å². The summed E-state index contributed by atoms with van der Waals surface area (Å²) in [6.07, 6.45) is -9.54. The molecule has 43 heavy (non-hydrogen) atoms. The van der Waals surface area contributed by atoms with Gasteiger partial charge in [0.25, 0.3) is 0 Å². The van der Waals surface area contributed by atoms with Crippen LogP contribution in [0.15, 0.2) is 70.6 Å². The van der Waals surface area contributed by atoms with Gasteiger partial charge in [0, 0.05) is 11.4 Å². The molecule has 0 radical (unpaired) electrons. The maximum atomic E-state index is 13.6. The Morgan fingerprint density at radius 1 is 0.884 bits per heavy atom. The van der Waals surface area contributed by atoms with Crippen molar-refractivity contribution in [2.75, 3.05) is 10.2 Å². The molecule has 0 saturated carbocycles. The molecule has 1 fully saturated rings. The van der Waals surface area contributed by atoms with Crippen LogP contribution in [0.4, 0.5) is 43.4 Å². The van der Waals surface area contributed by atoms with Crippen molar-refractivity contribution in [2.45, 2.75) is 38.7 Å². The third-order valence-electron chi connectivity index (χ3n) is 6.31. The first kappa shape index (κ1) is 31.5. The standard InChI is InChI=1S/C29H20F6N6S2/c1-16-4-10-21(11-5-16)41-26(39-20-9-7-18(15-37)23(13-20)29(33,34)35)43-24(27(41,2)3)40-25(42)38-19-8-6-17(14-36)22(12-19)28(30,31)32/h4-13H,1-3H3,(H,38,42)/b39-26?,40-24-. The number of nitrogens with one attached hydrogen (secondary N) is 1. The first-order chi connectivity index (χ1) is 20.0. The third kappa shape index (κ3) is 6.82. The summed E-state index contributed by atoms with van der Waals surface area (Å²) < 4.78 is 81.1. The van der Waals surface area contributed by atoms with E-state index in [4.69, 9.17) is 22.7 Å². The molecule has 3 aromatic carbocycles. The highest BCUT2D eigenvalue weighted by molar-refractivity contribution is 8.27. The molecule has 6 nitrogen and oxygen atoms in total. The van der Waals surface area contributed by atoms with E-state index in [1.807, 2.05) is 31.2 Å². The van der Waals surface area contributed by atoms with Crippen LogP contribution < -0.4 is 10.2 Å². The van der Waals surface area contributed by atoms with Crippen molar-refractivity contribution in [1.29, 1.82) is 10.5 Å². The normalized spacial score (nSPS) is 16.7. The Balaban J connectivity index is 1.76. The molecular formula is C29H20F6N6S2. The topological polar surface area (TPSA) is 87.6 Å². The Hall–Kier alpha value is -4.40. The number of halogens is 6. The largest absolute Gasteiger partial charge is 0.417 e. The average Bonchev–Trinajstić information content (AvgIpc) is 3.16. The second-order valence-corrected chi connectivity index (χ2v) is 11.1. The predicted molar refractivity (Wildman–Crippen MR) is 158 cm³/mol. The Kier molecular flexibility index (Phi) is 8.58. The van der Waals surface area contributed by atoms with Crippen molar-refractivity contribution in [3.05, 3.63) is 88.5 Å². The zero-order valence-corrected chi connectivity index (χ0v) is 24.2. The van der Waals surface area contributed by atoms with Gasteiger partial charge in [0.1, 0.15) is 5.04 Å². The number of nitriles is 2. The molecule has 0 aromatic heterocycles. The number of hydrogen-bond acceptors (Lipinski definition) is 5. The molecule has 1 saturated heterocycles. The van der Waals surface area contributed by atoms with E-state index in [0.29, 0.717) is 10.7 Å². The van der Waals surface area contributed by atoms with E-state index in [1.165, 1.54) is 24.3 Å². The van der Waals surface area contributed by atoms with E-state index in [2.05, 4.69) is 15.3 Å². The van der Waals surface area contributed by atoms with Crippen molar-refractivity contribution in [1.82, 2.24) is 0 Å². The molecule has 0 aliphatic carbocycles. The number of alkyl halides is 6. The minimum Gasteiger partial charge on any atom is -0.331 e. The van der Waals surface area contributed by atoms with Crippen LogP contribution in [0.3, 0.4) is 0 Å². The fourth-order valence-electron chi connectivity index (χ4n) is 4.19. The second-order valence-electron chi connectivity index (χ2n) is 9.78. The lowest BCUT2D eigenvalue weighted by atomic mass is 10.0. The lowest BCUT2D eigenvalue weighted by molar-refractivity contribution is -0.138. The Labute approximate surface area is 252 Å². The molecule has 1 N–H and O–H groups in total. The summed E-state index contributed by atoms with van der Waals surface area (Å²) in [6, 6.07) is 16.5. The van der Waals surface area contributed by atoms with Crippen LogP contribution in [-0.4, -0.2) is 20.9 Å². The number of benzene rings is 3. The van der Waals surface area contributed by atoms with Crippen molar-refractivity contribution in [3.63, 3.8) is 0 Å². The number of aliphatic imine (C=N–C) groups is 2. The van der Waals surface area contributed by atoms with Crippen LogP contribution >= 0.6 is 24.0 Å². The van der Waals surface area contributed by atoms with Gasteiger partial charge in [-0.3, -0.25) is 0 Å². The van der Waals surface area contributed by atoms with Crippen LogP contribution in [0.25, 0.3) is 0 Å². The Morgan fingerprint density at radius 2 is 1.44 bits per heavy atom. The minimum atomic E-state index is -4.78. The first-order valence-electron chi connectivity index (χ1n) is 12.3. The summed E-state index contributed by atoms with van der Waals surface area (Å²) in [6.45, 7) is 5.46. The van der Waals surface area contributed by atoms with Crippen molar-refractivity contribution >= 4 is 56.4 Å². The van der Waals surface area contributed by atoms with Gasteiger partial charge in [-0.2, -0.15) is 36.9 Å². The van der Waals surface area contributed by atoms with Crippen LogP contribution in [0.5, 0.6) is 0 Å². The summed E-state index contributed by atoms with van der Waals surface area (Å²) in [7, 11) is 0. The highest BCUT2D eigenvalue weighted by atomic mass is 32.2. The van der Waals surface area contributed by atoms with Crippen LogP contribution in [0.1, 0.15) is 41.7 Å². The van der Waals surface area contributed by atoms with E-state index in [0.717, 1.165) is 41.6 Å². The SMILES string of the molecule is Cc1ccc(N2C(=Nc3ccc(C#N)c(C(F)(F)F)c3)S/C(=N\C(=S)Nc3ccc(C#N)c(C(F)(F)F)c3)C2(C)C)cc1. The van der Waals surface area contributed by atoms with E-state index in [1.54, 1.807) is 18.7 Å². The Morgan fingerprint density at radius 3 is 2.00 bits per heavy atom. The zero-order valence-electron chi connectivity index (χ0n) is 22.6. The van der Waals surface area contributed by atoms with Gasteiger partial charge >= 0.3 is 12.4 Å². The van der Waals surface area contributed by atoms with E-state index >= 15 is 0 Å². The molecule has 4 rings (SSSR count). The lowest BCUT2D eigenvalue weighted by Crippen LogP contribution is -2.45. The molecule has 220 valence electrons. The number of hydrogen-bond donors (Lipinski definition) is 1.